The summed E-state index contributed by atoms with van der Waals surface area (Å²) in [5.74, 6) is 1.59. The smallest absolute Gasteiger partial charge is 0.161 e. The number of pyridine rings is 1. The molecular formula is C19H17NO3. The summed E-state index contributed by atoms with van der Waals surface area (Å²) in [6, 6.07) is 18.6. The number of hydrogen-bond acceptors (Lipinski definition) is 4. The molecule has 4 nitrogen and oxygen atoms in total. The number of benzene rings is 2. The number of rotatable bonds is 4. The zero-order valence-electron chi connectivity index (χ0n) is 13.0. The van der Waals surface area contributed by atoms with E-state index in [0.29, 0.717) is 11.5 Å². The predicted octanol–water partition coefficient (Wildman–Crippen LogP) is 4.14. The summed E-state index contributed by atoms with van der Waals surface area (Å²) in [5.41, 5.74) is 3.59. The van der Waals surface area contributed by atoms with Crippen LogP contribution in [0.2, 0.25) is 0 Å². The maximum absolute atomic E-state index is 9.40. The van der Waals surface area contributed by atoms with Crippen molar-refractivity contribution in [3.05, 3.63) is 60.7 Å². The summed E-state index contributed by atoms with van der Waals surface area (Å²) >= 11 is 0. The topological polar surface area (TPSA) is 51.6 Å². The molecule has 3 aromatic rings. The maximum Gasteiger partial charge on any atom is 0.161 e. The molecule has 3 rings (SSSR count). The third-order valence-electron chi connectivity index (χ3n) is 3.59. The molecule has 0 spiro atoms. The van der Waals surface area contributed by atoms with E-state index in [1.54, 1.807) is 26.4 Å². The minimum absolute atomic E-state index is 0.241. The van der Waals surface area contributed by atoms with Crippen LogP contribution < -0.4 is 9.47 Å². The summed E-state index contributed by atoms with van der Waals surface area (Å²) in [5, 5.41) is 9.40. The molecular weight excluding hydrogens is 290 g/mol. The summed E-state index contributed by atoms with van der Waals surface area (Å²) < 4.78 is 10.6. The van der Waals surface area contributed by atoms with Crippen molar-refractivity contribution < 1.29 is 14.6 Å². The molecule has 1 heterocycles. The largest absolute Gasteiger partial charge is 0.508 e. The van der Waals surface area contributed by atoms with Gasteiger partial charge in [0.1, 0.15) is 5.75 Å². The molecule has 0 aliphatic rings. The van der Waals surface area contributed by atoms with E-state index in [9.17, 15) is 5.11 Å². The molecule has 0 atom stereocenters. The van der Waals surface area contributed by atoms with Crippen LogP contribution >= 0.6 is 0 Å². The van der Waals surface area contributed by atoms with Gasteiger partial charge in [-0.15, -0.1) is 0 Å². The summed E-state index contributed by atoms with van der Waals surface area (Å²) in [6.07, 6.45) is 0. The van der Waals surface area contributed by atoms with Crippen LogP contribution in [0, 0.1) is 0 Å². The van der Waals surface area contributed by atoms with Crippen LogP contribution in [0.1, 0.15) is 0 Å². The van der Waals surface area contributed by atoms with E-state index in [2.05, 4.69) is 0 Å². The van der Waals surface area contributed by atoms with Crippen molar-refractivity contribution >= 4 is 0 Å². The molecule has 23 heavy (non-hydrogen) atoms. The van der Waals surface area contributed by atoms with Crippen LogP contribution in [0.25, 0.3) is 22.5 Å². The average Bonchev–Trinajstić information content (AvgIpc) is 2.62. The first-order chi connectivity index (χ1) is 11.2. The van der Waals surface area contributed by atoms with E-state index in [-0.39, 0.29) is 5.75 Å². The van der Waals surface area contributed by atoms with Crippen molar-refractivity contribution in [3.63, 3.8) is 0 Å². The van der Waals surface area contributed by atoms with Gasteiger partial charge in [-0.1, -0.05) is 6.07 Å². The van der Waals surface area contributed by atoms with Gasteiger partial charge in [0.25, 0.3) is 0 Å². The Kier molecular flexibility index (Phi) is 4.15. The second kappa shape index (κ2) is 6.40. The van der Waals surface area contributed by atoms with Crippen LogP contribution in [0.3, 0.4) is 0 Å². The fourth-order valence-electron chi connectivity index (χ4n) is 2.38. The lowest BCUT2D eigenvalue weighted by Crippen LogP contribution is -1.92. The zero-order valence-corrected chi connectivity index (χ0v) is 13.0. The Balaban J connectivity index is 2.01. The Morgan fingerprint density at radius 2 is 1.35 bits per heavy atom. The zero-order chi connectivity index (χ0) is 16.2. The summed E-state index contributed by atoms with van der Waals surface area (Å²) in [4.78, 5) is 4.70. The Labute approximate surface area is 135 Å². The molecule has 2 aromatic carbocycles. The van der Waals surface area contributed by atoms with Gasteiger partial charge in [-0.05, 0) is 54.6 Å². The molecule has 1 N–H and O–H groups in total. The number of aromatic hydroxyl groups is 1. The fourth-order valence-corrected chi connectivity index (χ4v) is 2.38. The van der Waals surface area contributed by atoms with Gasteiger partial charge in [0.15, 0.2) is 11.5 Å². The van der Waals surface area contributed by atoms with E-state index in [1.807, 2.05) is 48.5 Å². The van der Waals surface area contributed by atoms with Crippen LogP contribution in [0.4, 0.5) is 0 Å². The SMILES string of the molecule is COc1ccc(-c2cccc(-c3ccc(O)cc3)n2)cc1OC. The molecule has 0 unspecified atom stereocenters. The molecule has 0 aliphatic heterocycles. The van der Waals surface area contributed by atoms with Crippen molar-refractivity contribution in [2.75, 3.05) is 14.2 Å². The predicted molar refractivity (Wildman–Crippen MR) is 89.9 cm³/mol. The molecule has 0 fully saturated rings. The molecule has 116 valence electrons. The van der Waals surface area contributed by atoms with Crippen LogP contribution in [0.15, 0.2) is 60.7 Å². The number of methoxy groups -OCH3 is 2. The van der Waals surface area contributed by atoms with Crippen molar-refractivity contribution in [2.45, 2.75) is 0 Å². The monoisotopic (exact) mass is 307 g/mol. The van der Waals surface area contributed by atoms with Gasteiger partial charge in [-0.3, -0.25) is 0 Å². The molecule has 0 bridgehead atoms. The minimum Gasteiger partial charge on any atom is -0.508 e. The first-order valence-corrected chi connectivity index (χ1v) is 7.20. The Morgan fingerprint density at radius 1 is 0.739 bits per heavy atom. The average molecular weight is 307 g/mol. The highest BCUT2D eigenvalue weighted by atomic mass is 16.5. The van der Waals surface area contributed by atoms with Gasteiger partial charge in [0.2, 0.25) is 0 Å². The Morgan fingerprint density at radius 3 is 2.00 bits per heavy atom. The van der Waals surface area contributed by atoms with E-state index in [0.717, 1.165) is 22.5 Å². The number of hydrogen-bond donors (Lipinski definition) is 1. The van der Waals surface area contributed by atoms with Gasteiger partial charge in [0.05, 0.1) is 25.6 Å². The van der Waals surface area contributed by atoms with Crippen LogP contribution in [-0.4, -0.2) is 24.3 Å². The highest BCUT2D eigenvalue weighted by molar-refractivity contribution is 5.68. The lowest BCUT2D eigenvalue weighted by Gasteiger charge is -2.10. The molecule has 0 saturated heterocycles. The highest BCUT2D eigenvalue weighted by Gasteiger charge is 2.08. The first-order valence-electron chi connectivity index (χ1n) is 7.20. The van der Waals surface area contributed by atoms with E-state index in [1.165, 1.54) is 0 Å². The second-order valence-electron chi connectivity index (χ2n) is 5.02. The fraction of sp³-hybridized carbons (Fsp3) is 0.105. The van der Waals surface area contributed by atoms with Gasteiger partial charge in [-0.25, -0.2) is 4.98 Å². The van der Waals surface area contributed by atoms with Crippen molar-refractivity contribution in [1.82, 2.24) is 4.98 Å². The van der Waals surface area contributed by atoms with Crippen LogP contribution in [-0.2, 0) is 0 Å². The van der Waals surface area contributed by atoms with Crippen molar-refractivity contribution in [1.29, 1.82) is 0 Å². The second-order valence-corrected chi connectivity index (χ2v) is 5.02. The minimum atomic E-state index is 0.241. The maximum atomic E-state index is 9.40. The lowest BCUT2D eigenvalue weighted by molar-refractivity contribution is 0.355. The van der Waals surface area contributed by atoms with E-state index in [4.69, 9.17) is 14.5 Å². The standard InChI is InChI=1S/C19H17NO3/c1-22-18-11-8-14(12-19(18)23-2)17-5-3-4-16(20-17)13-6-9-15(21)10-7-13/h3-12,21H,1-2H3. The quantitative estimate of drug-likeness (QED) is 0.787. The Bertz CT molecular complexity index is 813. The normalized spacial score (nSPS) is 10.3. The third-order valence-corrected chi connectivity index (χ3v) is 3.59. The van der Waals surface area contributed by atoms with Crippen LogP contribution in [0.5, 0.6) is 17.2 Å². The molecule has 4 heteroatoms. The third kappa shape index (κ3) is 3.11. The number of phenols is 1. The first kappa shape index (κ1) is 14.9. The van der Waals surface area contributed by atoms with Gasteiger partial charge in [0, 0.05) is 11.1 Å². The number of aromatic nitrogens is 1. The van der Waals surface area contributed by atoms with E-state index < -0.39 is 0 Å². The number of ether oxygens (including phenoxy) is 2. The van der Waals surface area contributed by atoms with Gasteiger partial charge >= 0.3 is 0 Å². The van der Waals surface area contributed by atoms with Crippen molar-refractivity contribution in [2.24, 2.45) is 0 Å². The molecule has 0 aliphatic carbocycles. The van der Waals surface area contributed by atoms with Gasteiger partial charge in [-0.2, -0.15) is 0 Å². The lowest BCUT2D eigenvalue weighted by atomic mass is 10.1. The summed E-state index contributed by atoms with van der Waals surface area (Å²) in [6.45, 7) is 0. The molecule has 0 radical (unpaired) electrons. The van der Waals surface area contributed by atoms with E-state index >= 15 is 0 Å². The molecule has 1 aromatic heterocycles. The van der Waals surface area contributed by atoms with Crippen molar-refractivity contribution in [3.8, 4) is 39.8 Å². The Hall–Kier alpha value is -3.01. The molecule has 0 saturated carbocycles. The molecule has 0 amide bonds. The number of phenolic OH excluding ortho intramolecular Hbond substituents is 1. The summed E-state index contributed by atoms with van der Waals surface area (Å²) in [7, 11) is 3.23. The highest BCUT2D eigenvalue weighted by Crippen LogP contribution is 2.32. The van der Waals surface area contributed by atoms with Gasteiger partial charge < -0.3 is 14.6 Å². The number of nitrogens with zero attached hydrogens (tertiary/aromatic N) is 1.